The summed E-state index contributed by atoms with van der Waals surface area (Å²) in [6.45, 7) is 0.600. The fraction of sp³-hybridized carbons (Fsp3) is 0.400. The highest BCUT2D eigenvalue weighted by molar-refractivity contribution is 6.32. The SMILES string of the molecule is Cl.NOCCCOc1ccc(OC(F)(F)F)cc1Cl. The highest BCUT2D eigenvalue weighted by Crippen LogP contribution is 2.31. The molecular weight excluding hydrogens is 310 g/mol. The largest absolute Gasteiger partial charge is 0.573 e. The third-order valence-corrected chi connectivity index (χ3v) is 2.10. The summed E-state index contributed by atoms with van der Waals surface area (Å²) >= 11 is 5.74. The molecule has 2 N–H and O–H groups in total. The maximum atomic E-state index is 11.9. The van der Waals surface area contributed by atoms with E-state index in [1.54, 1.807) is 0 Å². The first-order valence-electron chi connectivity index (χ1n) is 4.92. The minimum atomic E-state index is -4.75. The first-order chi connectivity index (χ1) is 8.42. The maximum absolute atomic E-state index is 11.9. The van der Waals surface area contributed by atoms with E-state index in [4.69, 9.17) is 22.2 Å². The highest BCUT2D eigenvalue weighted by Gasteiger charge is 2.31. The quantitative estimate of drug-likeness (QED) is 0.645. The Balaban J connectivity index is 0.00000324. The number of hydrogen-bond donors (Lipinski definition) is 1. The predicted molar refractivity (Wildman–Crippen MR) is 65.6 cm³/mol. The summed E-state index contributed by atoms with van der Waals surface area (Å²) in [4.78, 5) is 4.33. The summed E-state index contributed by atoms with van der Waals surface area (Å²) < 4.78 is 44.7. The van der Waals surface area contributed by atoms with E-state index in [2.05, 4.69) is 9.57 Å². The van der Waals surface area contributed by atoms with Crippen molar-refractivity contribution in [3.63, 3.8) is 0 Å². The van der Waals surface area contributed by atoms with Crippen LogP contribution in [0.2, 0.25) is 5.02 Å². The summed E-state index contributed by atoms with van der Waals surface area (Å²) in [5, 5.41) is 0.0328. The fourth-order valence-corrected chi connectivity index (χ4v) is 1.35. The zero-order valence-corrected chi connectivity index (χ0v) is 11.1. The van der Waals surface area contributed by atoms with Gasteiger partial charge in [0, 0.05) is 12.5 Å². The number of ether oxygens (including phenoxy) is 2. The number of benzene rings is 1. The highest BCUT2D eigenvalue weighted by atomic mass is 35.5. The van der Waals surface area contributed by atoms with Gasteiger partial charge in [-0.15, -0.1) is 25.6 Å². The average molecular weight is 322 g/mol. The van der Waals surface area contributed by atoms with Crippen molar-refractivity contribution in [3.05, 3.63) is 23.2 Å². The van der Waals surface area contributed by atoms with Crippen LogP contribution in [0, 0.1) is 0 Å². The zero-order chi connectivity index (χ0) is 13.6. The standard InChI is InChI=1S/C10H11ClF3NO3.ClH/c11-8-6-7(18-10(12,13)14)2-3-9(8)16-4-1-5-17-15;/h2-3,6H,1,4-5,15H2;1H. The van der Waals surface area contributed by atoms with Crippen molar-refractivity contribution in [1.29, 1.82) is 0 Å². The Labute approximate surface area is 118 Å². The summed E-state index contributed by atoms with van der Waals surface area (Å²) in [5.74, 6) is 4.68. The zero-order valence-electron chi connectivity index (χ0n) is 9.58. The van der Waals surface area contributed by atoms with E-state index >= 15 is 0 Å². The fourth-order valence-electron chi connectivity index (χ4n) is 1.12. The number of hydrogen-bond acceptors (Lipinski definition) is 4. The Bertz CT molecular complexity index is 391. The van der Waals surface area contributed by atoms with Gasteiger partial charge in [0.15, 0.2) is 0 Å². The minimum Gasteiger partial charge on any atom is -0.492 e. The molecule has 0 bridgehead atoms. The predicted octanol–water partition coefficient (Wildman–Crippen LogP) is 3.32. The van der Waals surface area contributed by atoms with Crippen molar-refractivity contribution in [2.75, 3.05) is 13.2 Å². The summed E-state index contributed by atoms with van der Waals surface area (Å²) in [6.07, 6.45) is -4.21. The van der Waals surface area contributed by atoms with Gasteiger partial charge in [0.05, 0.1) is 18.2 Å². The van der Waals surface area contributed by atoms with Gasteiger partial charge in [0.2, 0.25) is 0 Å². The van der Waals surface area contributed by atoms with Crippen molar-refractivity contribution >= 4 is 24.0 Å². The third-order valence-electron chi connectivity index (χ3n) is 1.80. The molecule has 0 aliphatic rings. The van der Waals surface area contributed by atoms with Crippen molar-refractivity contribution in [3.8, 4) is 11.5 Å². The van der Waals surface area contributed by atoms with Gasteiger partial charge in [-0.05, 0) is 12.1 Å². The lowest BCUT2D eigenvalue weighted by atomic mass is 10.3. The number of halogens is 5. The van der Waals surface area contributed by atoms with Gasteiger partial charge < -0.3 is 14.3 Å². The van der Waals surface area contributed by atoms with Crippen molar-refractivity contribution in [1.82, 2.24) is 0 Å². The van der Waals surface area contributed by atoms with Gasteiger partial charge in [0.25, 0.3) is 0 Å². The van der Waals surface area contributed by atoms with Crippen molar-refractivity contribution in [2.45, 2.75) is 12.8 Å². The van der Waals surface area contributed by atoms with Crippen LogP contribution in [0.5, 0.6) is 11.5 Å². The van der Waals surface area contributed by atoms with Crippen LogP contribution < -0.4 is 15.4 Å². The molecule has 0 saturated carbocycles. The normalized spacial score (nSPS) is 10.8. The molecule has 0 unspecified atom stereocenters. The summed E-state index contributed by atoms with van der Waals surface area (Å²) in [6, 6.07) is 3.45. The van der Waals surface area contributed by atoms with E-state index < -0.39 is 12.1 Å². The van der Waals surface area contributed by atoms with E-state index in [0.29, 0.717) is 13.0 Å². The van der Waals surface area contributed by atoms with Crippen LogP contribution in [0.4, 0.5) is 13.2 Å². The molecule has 0 radical (unpaired) electrons. The second-order valence-electron chi connectivity index (χ2n) is 3.21. The van der Waals surface area contributed by atoms with Crippen molar-refractivity contribution < 1.29 is 27.5 Å². The van der Waals surface area contributed by atoms with E-state index in [1.165, 1.54) is 6.07 Å². The molecule has 110 valence electrons. The molecule has 0 amide bonds. The topological polar surface area (TPSA) is 53.7 Å². The lowest BCUT2D eigenvalue weighted by molar-refractivity contribution is -0.274. The number of alkyl halides is 3. The lowest BCUT2D eigenvalue weighted by Crippen LogP contribution is -2.17. The number of rotatable bonds is 6. The van der Waals surface area contributed by atoms with Crippen LogP contribution in [0.15, 0.2) is 18.2 Å². The van der Waals surface area contributed by atoms with Gasteiger partial charge in [-0.25, -0.2) is 5.90 Å². The molecular formula is C10H12Cl2F3NO3. The molecule has 0 aliphatic heterocycles. The molecule has 0 atom stereocenters. The monoisotopic (exact) mass is 321 g/mol. The molecule has 0 spiro atoms. The average Bonchev–Trinajstić information content (AvgIpc) is 2.24. The van der Waals surface area contributed by atoms with E-state index in [9.17, 15) is 13.2 Å². The Hall–Kier alpha value is -0.890. The summed E-state index contributed by atoms with van der Waals surface area (Å²) in [5.41, 5.74) is 0. The molecule has 0 aliphatic carbocycles. The van der Waals surface area contributed by atoms with Crippen LogP contribution in [0.25, 0.3) is 0 Å². The Morgan fingerprint density at radius 3 is 2.42 bits per heavy atom. The number of nitrogens with two attached hydrogens (primary N) is 1. The maximum Gasteiger partial charge on any atom is 0.573 e. The van der Waals surface area contributed by atoms with Gasteiger partial charge in [0.1, 0.15) is 11.5 Å². The van der Waals surface area contributed by atoms with Crippen LogP contribution >= 0.6 is 24.0 Å². The Morgan fingerprint density at radius 1 is 1.21 bits per heavy atom. The molecule has 1 aromatic rings. The molecule has 0 heterocycles. The van der Waals surface area contributed by atoms with Gasteiger partial charge in [-0.1, -0.05) is 11.6 Å². The second kappa shape index (κ2) is 8.31. The molecule has 1 rings (SSSR count). The first-order valence-corrected chi connectivity index (χ1v) is 5.30. The van der Waals surface area contributed by atoms with E-state index in [1.807, 2.05) is 0 Å². The van der Waals surface area contributed by atoms with Crippen LogP contribution in [0.3, 0.4) is 0 Å². The van der Waals surface area contributed by atoms with E-state index in [-0.39, 0.29) is 29.8 Å². The lowest BCUT2D eigenvalue weighted by Gasteiger charge is -2.11. The van der Waals surface area contributed by atoms with Crippen molar-refractivity contribution in [2.24, 2.45) is 5.90 Å². The minimum absolute atomic E-state index is 0. The Morgan fingerprint density at radius 2 is 1.89 bits per heavy atom. The molecule has 19 heavy (non-hydrogen) atoms. The van der Waals surface area contributed by atoms with Crippen LogP contribution in [-0.2, 0) is 4.84 Å². The molecule has 9 heteroatoms. The first kappa shape index (κ1) is 18.1. The van der Waals surface area contributed by atoms with Gasteiger partial charge >= 0.3 is 6.36 Å². The Kier molecular flexibility index (Phi) is 7.93. The molecule has 1 aromatic carbocycles. The van der Waals surface area contributed by atoms with Gasteiger partial charge in [-0.3, -0.25) is 0 Å². The molecule has 4 nitrogen and oxygen atoms in total. The molecule has 0 saturated heterocycles. The van der Waals surface area contributed by atoms with Crippen LogP contribution in [0.1, 0.15) is 6.42 Å². The summed E-state index contributed by atoms with van der Waals surface area (Å²) in [7, 11) is 0. The molecule has 0 fully saturated rings. The van der Waals surface area contributed by atoms with Crippen LogP contribution in [-0.4, -0.2) is 19.6 Å². The van der Waals surface area contributed by atoms with Gasteiger partial charge in [-0.2, -0.15) is 0 Å². The molecule has 0 aromatic heterocycles. The smallest absolute Gasteiger partial charge is 0.492 e. The second-order valence-corrected chi connectivity index (χ2v) is 3.62. The van der Waals surface area contributed by atoms with E-state index in [0.717, 1.165) is 12.1 Å². The third kappa shape index (κ3) is 7.31.